The van der Waals surface area contributed by atoms with E-state index < -0.39 is 5.97 Å². The van der Waals surface area contributed by atoms with E-state index in [1.165, 1.54) is 6.92 Å². The summed E-state index contributed by atoms with van der Waals surface area (Å²) in [4.78, 5) is 32.5. The van der Waals surface area contributed by atoms with Crippen molar-refractivity contribution in [1.29, 1.82) is 0 Å². The Bertz CT molecular complexity index is 299. The van der Waals surface area contributed by atoms with Crippen LogP contribution in [0, 0.1) is 5.92 Å². The molecule has 0 aromatic carbocycles. The maximum Gasteiger partial charge on any atom is 0.305 e. The van der Waals surface area contributed by atoms with Crippen LogP contribution in [-0.2, 0) is 14.4 Å². The second-order valence-electron chi connectivity index (χ2n) is 4.02. The fraction of sp³-hybridized carbons (Fsp3) is 0.700. The smallest absolute Gasteiger partial charge is 0.305 e. The first kappa shape index (κ1) is 12.5. The van der Waals surface area contributed by atoms with Crippen molar-refractivity contribution in [3.63, 3.8) is 0 Å². The molecule has 6 heteroatoms. The first-order chi connectivity index (χ1) is 7.49. The summed E-state index contributed by atoms with van der Waals surface area (Å²) in [6.45, 7) is 1.22. The number of hydrogen-bond donors (Lipinski definition) is 3. The first-order valence-electron chi connectivity index (χ1n) is 5.24. The van der Waals surface area contributed by atoms with Gasteiger partial charge in [0.25, 0.3) is 0 Å². The monoisotopic (exact) mass is 228 g/mol. The minimum absolute atomic E-state index is 0.0590. The Morgan fingerprint density at radius 2 is 2.00 bits per heavy atom. The third-order valence-electron chi connectivity index (χ3n) is 2.43. The number of aliphatic carboxylic acids is 1. The first-order valence-corrected chi connectivity index (χ1v) is 5.24. The van der Waals surface area contributed by atoms with Crippen molar-refractivity contribution in [2.24, 2.45) is 5.92 Å². The average molecular weight is 228 g/mol. The predicted octanol–water partition coefficient (Wildman–Crippen LogP) is -0.508. The zero-order valence-corrected chi connectivity index (χ0v) is 9.16. The SMILES string of the molecule is CC(=O)NCC(=O)NC(CC(=O)O)C1CC1. The van der Waals surface area contributed by atoms with Crippen molar-refractivity contribution in [3.8, 4) is 0 Å². The van der Waals surface area contributed by atoms with Gasteiger partial charge in [-0.1, -0.05) is 0 Å². The maximum atomic E-state index is 11.4. The van der Waals surface area contributed by atoms with Gasteiger partial charge in [0, 0.05) is 13.0 Å². The average Bonchev–Trinajstić information content (AvgIpc) is 2.96. The summed E-state index contributed by atoms with van der Waals surface area (Å²) >= 11 is 0. The molecule has 0 radical (unpaired) electrons. The van der Waals surface area contributed by atoms with Crippen molar-refractivity contribution in [2.75, 3.05) is 6.54 Å². The molecule has 1 atom stereocenters. The van der Waals surface area contributed by atoms with E-state index in [1.807, 2.05) is 0 Å². The Balaban J connectivity index is 2.33. The molecule has 0 saturated heterocycles. The molecule has 0 aliphatic heterocycles. The van der Waals surface area contributed by atoms with Gasteiger partial charge >= 0.3 is 5.97 Å². The van der Waals surface area contributed by atoms with Crippen LogP contribution in [0.25, 0.3) is 0 Å². The van der Waals surface area contributed by atoms with Gasteiger partial charge in [-0.15, -0.1) is 0 Å². The van der Waals surface area contributed by atoms with Crippen LogP contribution >= 0.6 is 0 Å². The highest BCUT2D eigenvalue weighted by Crippen LogP contribution is 2.33. The van der Waals surface area contributed by atoms with E-state index in [1.54, 1.807) is 0 Å². The zero-order valence-electron chi connectivity index (χ0n) is 9.16. The molecular formula is C10H16N2O4. The second-order valence-corrected chi connectivity index (χ2v) is 4.02. The summed E-state index contributed by atoms with van der Waals surface area (Å²) < 4.78 is 0. The van der Waals surface area contributed by atoms with Gasteiger partial charge in [0.1, 0.15) is 0 Å². The lowest BCUT2D eigenvalue weighted by Gasteiger charge is -2.16. The van der Waals surface area contributed by atoms with Crippen molar-refractivity contribution in [2.45, 2.75) is 32.2 Å². The molecular weight excluding hydrogens is 212 g/mol. The summed E-state index contributed by atoms with van der Waals surface area (Å²) in [5.74, 6) is -1.26. The molecule has 2 amide bonds. The van der Waals surface area contributed by atoms with E-state index in [-0.39, 0.29) is 36.7 Å². The zero-order chi connectivity index (χ0) is 12.1. The number of carbonyl (C=O) groups excluding carboxylic acids is 2. The molecule has 6 nitrogen and oxygen atoms in total. The molecule has 90 valence electrons. The van der Waals surface area contributed by atoms with Crippen LogP contribution in [0.2, 0.25) is 0 Å². The lowest BCUT2D eigenvalue weighted by Crippen LogP contribution is -2.43. The summed E-state index contributed by atoms with van der Waals surface area (Å²) in [6.07, 6.45) is 1.85. The summed E-state index contributed by atoms with van der Waals surface area (Å²) in [5.41, 5.74) is 0. The Morgan fingerprint density at radius 3 is 2.44 bits per heavy atom. The Morgan fingerprint density at radius 1 is 1.38 bits per heavy atom. The predicted molar refractivity (Wildman–Crippen MR) is 55.6 cm³/mol. The molecule has 1 saturated carbocycles. The largest absolute Gasteiger partial charge is 0.481 e. The summed E-state index contributed by atoms with van der Waals surface area (Å²) in [6, 6.07) is -0.307. The minimum Gasteiger partial charge on any atom is -0.481 e. The minimum atomic E-state index is -0.920. The van der Waals surface area contributed by atoms with Gasteiger partial charge in [0.2, 0.25) is 11.8 Å². The van der Waals surface area contributed by atoms with Crippen molar-refractivity contribution in [3.05, 3.63) is 0 Å². The fourth-order valence-corrected chi connectivity index (χ4v) is 1.48. The molecule has 0 heterocycles. The van der Waals surface area contributed by atoms with Crippen LogP contribution in [0.1, 0.15) is 26.2 Å². The number of nitrogens with one attached hydrogen (secondary N) is 2. The van der Waals surface area contributed by atoms with Crippen molar-refractivity contribution in [1.82, 2.24) is 10.6 Å². The maximum absolute atomic E-state index is 11.4. The van der Waals surface area contributed by atoms with Crippen molar-refractivity contribution < 1.29 is 19.5 Å². The van der Waals surface area contributed by atoms with E-state index in [0.717, 1.165) is 12.8 Å². The summed E-state index contributed by atoms with van der Waals surface area (Å²) in [7, 11) is 0. The Kier molecular flexibility index (Phi) is 4.28. The molecule has 0 aromatic rings. The van der Waals surface area contributed by atoms with Crippen LogP contribution in [0.15, 0.2) is 0 Å². The number of hydrogen-bond acceptors (Lipinski definition) is 3. The molecule has 1 aliphatic carbocycles. The normalized spacial score (nSPS) is 16.3. The second kappa shape index (κ2) is 5.48. The van der Waals surface area contributed by atoms with Gasteiger partial charge in [-0.2, -0.15) is 0 Å². The number of carboxylic acid groups (broad SMARTS) is 1. The highest BCUT2D eigenvalue weighted by Gasteiger charge is 2.33. The topological polar surface area (TPSA) is 95.5 Å². The van der Waals surface area contributed by atoms with Crippen LogP contribution in [0.4, 0.5) is 0 Å². The Hall–Kier alpha value is -1.59. The van der Waals surface area contributed by atoms with E-state index in [4.69, 9.17) is 5.11 Å². The van der Waals surface area contributed by atoms with Gasteiger partial charge in [-0.3, -0.25) is 14.4 Å². The van der Waals surface area contributed by atoms with E-state index in [0.29, 0.717) is 0 Å². The third kappa shape index (κ3) is 4.77. The van der Waals surface area contributed by atoms with E-state index in [2.05, 4.69) is 10.6 Å². The van der Waals surface area contributed by atoms with Crippen molar-refractivity contribution >= 4 is 17.8 Å². The van der Waals surface area contributed by atoms with Gasteiger partial charge in [0.15, 0.2) is 0 Å². The van der Waals surface area contributed by atoms with Gasteiger partial charge in [0.05, 0.1) is 13.0 Å². The van der Waals surface area contributed by atoms with E-state index in [9.17, 15) is 14.4 Å². The lowest BCUT2D eigenvalue weighted by atomic mass is 10.1. The molecule has 16 heavy (non-hydrogen) atoms. The highest BCUT2D eigenvalue weighted by molar-refractivity contribution is 5.84. The van der Waals surface area contributed by atoms with Crippen LogP contribution < -0.4 is 10.6 Å². The fourth-order valence-electron chi connectivity index (χ4n) is 1.48. The standard InChI is InChI=1S/C10H16N2O4/c1-6(13)11-5-9(14)12-8(4-10(15)16)7-2-3-7/h7-8H,2-5H2,1H3,(H,11,13)(H,12,14)(H,15,16). The molecule has 1 aliphatic rings. The quantitative estimate of drug-likeness (QED) is 0.570. The van der Waals surface area contributed by atoms with Gasteiger partial charge < -0.3 is 15.7 Å². The molecule has 1 unspecified atom stereocenters. The molecule has 1 fully saturated rings. The van der Waals surface area contributed by atoms with E-state index >= 15 is 0 Å². The van der Waals surface area contributed by atoms with Crippen LogP contribution in [0.5, 0.6) is 0 Å². The molecule has 3 N–H and O–H groups in total. The number of carbonyl (C=O) groups is 3. The Labute approximate surface area is 93.4 Å². The molecule has 1 rings (SSSR count). The molecule has 0 spiro atoms. The van der Waals surface area contributed by atoms with Crippen LogP contribution in [0.3, 0.4) is 0 Å². The number of rotatable bonds is 6. The number of amides is 2. The molecule has 0 bridgehead atoms. The third-order valence-corrected chi connectivity index (χ3v) is 2.43. The molecule has 0 aromatic heterocycles. The number of carboxylic acids is 1. The lowest BCUT2D eigenvalue weighted by molar-refractivity contribution is -0.138. The van der Waals surface area contributed by atoms with Crippen LogP contribution in [-0.4, -0.2) is 35.5 Å². The highest BCUT2D eigenvalue weighted by atomic mass is 16.4. The van der Waals surface area contributed by atoms with Gasteiger partial charge in [-0.25, -0.2) is 0 Å². The van der Waals surface area contributed by atoms with Gasteiger partial charge in [-0.05, 0) is 18.8 Å². The summed E-state index contributed by atoms with van der Waals surface area (Å²) in [5, 5.41) is 13.7.